The van der Waals surface area contributed by atoms with Crippen LogP contribution in [0, 0.1) is 19.7 Å². The van der Waals surface area contributed by atoms with Gasteiger partial charge in [0.25, 0.3) is 11.1 Å². The van der Waals surface area contributed by atoms with Crippen molar-refractivity contribution in [3.05, 3.63) is 105 Å². The summed E-state index contributed by atoms with van der Waals surface area (Å²) in [6.45, 7) is 3.78. The van der Waals surface area contributed by atoms with E-state index >= 15 is 0 Å². The number of hydrogen-bond acceptors (Lipinski definition) is 3. The Labute approximate surface area is 205 Å². The number of nitrogens with zero attached hydrogens (tertiary/aromatic N) is 2. The molecule has 0 N–H and O–H groups in total. The minimum atomic E-state index is -0.547. The molecule has 3 aromatic carbocycles. The van der Waals surface area contributed by atoms with Gasteiger partial charge in [0.1, 0.15) is 5.82 Å². The van der Waals surface area contributed by atoms with Crippen molar-refractivity contribution >= 4 is 51.4 Å². The zero-order chi connectivity index (χ0) is 24.0. The molecule has 0 atom stereocenters. The average Bonchev–Trinajstić information content (AvgIpc) is 3.24. The van der Waals surface area contributed by atoms with E-state index in [0.717, 1.165) is 50.1 Å². The highest BCUT2D eigenvalue weighted by molar-refractivity contribution is 8.18. The van der Waals surface area contributed by atoms with Gasteiger partial charge in [-0.05, 0) is 78.4 Å². The van der Waals surface area contributed by atoms with Crippen molar-refractivity contribution < 1.29 is 14.0 Å². The van der Waals surface area contributed by atoms with Crippen LogP contribution in [0.2, 0.25) is 5.02 Å². The third kappa shape index (κ3) is 3.93. The quantitative estimate of drug-likeness (QED) is 0.282. The van der Waals surface area contributed by atoms with E-state index in [1.165, 1.54) is 18.2 Å². The molecular weight excluding hydrogens is 471 g/mol. The van der Waals surface area contributed by atoms with E-state index < -0.39 is 17.0 Å². The summed E-state index contributed by atoms with van der Waals surface area (Å²) in [7, 11) is 0. The van der Waals surface area contributed by atoms with Crippen LogP contribution in [0.15, 0.2) is 71.6 Å². The standard InChI is InChI=1S/C27H20ClFN2O2S/c1-16-12-20(17(2)31(16)21-11-10-18-6-3-4-7-19(18)13-21)14-25-26(32)30(27(33)34-25)15-22-23(28)8-5-9-24(22)29/h3-14H,15H2,1-2H3/b25-14-. The van der Waals surface area contributed by atoms with Crippen molar-refractivity contribution in [2.45, 2.75) is 20.4 Å². The number of amides is 2. The minimum absolute atomic E-state index is 0.127. The van der Waals surface area contributed by atoms with E-state index in [0.29, 0.717) is 4.91 Å². The number of imide groups is 1. The molecule has 0 spiro atoms. The van der Waals surface area contributed by atoms with Crippen molar-refractivity contribution in [1.82, 2.24) is 9.47 Å². The lowest BCUT2D eigenvalue weighted by Gasteiger charge is -2.14. The Hall–Kier alpha value is -3.35. The van der Waals surface area contributed by atoms with E-state index in [-0.39, 0.29) is 17.1 Å². The molecule has 4 aromatic rings. The maximum atomic E-state index is 14.2. The second kappa shape index (κ2) is 8.78. The van der Waals surface area contributed by atoms with Gasteiger partial charge in [-0.2, -0.15) is 0 Å². The maximum absolute atomic E-state index is 14.2. The summed E-state index contributed by atoms with van der Waals surface area (Å²) in [5.74, 6) is -1.00. The molecule has 1 aromatic heterocycles. The number of carbonyl (C=O) groups is 2. The van der Waals surface area contributed by atoms with Crippen molar-refractivity contribution in [2.75, 3.05) is 0 Å². The molecule has 0 aliphatic carbocycles. The lowest BCUT2D eigenvalue weighted by Crippen LogP contribution is -2.28. The van der Waals surface area contributed by atoms with Gasteiger partial charge in [-0.1, -0.05) is 48.0 Å². The van der Waals surface area contributed by atoms with Crippen LogP contribution in [0.5, 0.6) is 0 Å². The molecule has 1 saturated heterocycles. The van der Waals surface area contributed by atoms with Crippen LogP contribution in [-0.4, -0.2) is 20.6 Å². The Morgan fingerprint density at radius 1 is 0.971 bits per heavy atom. The Morgan fingerprint density at radius 2 is 1.74 bits per heavy atom. The molecule has 0 bridgehead atoms. The van der Waals surface area contributed by atoms with Gasteiger partial charge in [0.05, 0.1) is 11.4 Å². The summed E-state index contributed by atoms with van der Waals surface area (Å²) < 4.78 is 16.3. The Morgan fingerprint density at radius 3 is 2.50 bits per heavy atom. The molecule has 1 aliphatic heterocycles. The summed E-state index contributed by atoms with van der Waals surface area (Å²) in [5, 5.41) is 2.04. The Balaban J connectivity index is 1.47. The predicted octanol–water partition coefficient (Wildman–Crippen LogP) is 7.28. The highest BCUT2D eigenvalue weighted by Gasteiger charge is 2.36. The number of halogens is 2. The fourth-order valence-electron chi connectivity index (χ4n) is 4.27. The highest BCUT2D eigenvalue weighted by atomic mass is 35.5. The van der Waals surface area contributed by atoms with Crippen molar-refractivity contribution in [3.63, 3.8) is 0 Å². The second-order valence-electron chi connectivity index (χ2n) is 8.16. The molecule has 0 unspecified atom stereocenters. The van der Waals surface area contributed by atoms with Gasteiger partial charge in [-0.15, -0.1) is 0 Å². The first-order valence-electron chi connectivity index (χ1n) is 10.7. The molecule has 0 radical (unpaired) electrons. The van der Waals surface area contributed by atoms with E-state index in [1.807, 2.05) is 32.0 Å². The van der Waals surface area contributed by atoms with Crippen LogP contribution in [0.3, 0.4) is 0 Å². The first-order chi connectivity index (χ1) is 16.3. The molecule has 2 amide bonds. The van der Waals surface area contributed by atoms with E-state index in [1.54, 1.807) is 6.08 Å². The molecule has 170 valence electrons. The number of hydrogen-bond donors (Lipinski definition) is 0. The van der Waals surface area contributed by atoms with Crippen LogP contribution in [0.1, 0.15) is 22.5 Å². The largest absolute Gasteiger partial charge is 0.318 e. The molecule has 2 heterocycles. The first kappa shape index (κ1) is 22.4. The lowest BCUT2D eigenvalue weighted by molar-refractivity contribution is -0.123. The van der Waals surface area contributed by atoms with Gasteiger partial charge in [0.15, 0.2) is 0 Å². The summed E-state index contributed by atoms with van der Waals surface area (Å²) in [6.07, 6.45) is 1.73. The van der Waals surface area contributed by atoms with Crippen molar-refractivity contribution in [1.29, 1.82) is 0 Å². The Kier molecular flexibility index (Phi) is 5.80. The van der Waals surface area contributed by atoms with Gasteiger partial charge >= 0.3 is 0 Å². The van der Waals surface area contributed by atoms with E-state index in [2.05, 4.69) is 34.9 Å². The smallest absolute Gasteiger partial charge is 0.293 e. The normalized spacial score (nSPS) is 15.2. The number of rotatable bonds is 4. The number of fused-ring (bicyclic) bond motifs is 1. The molecule has 0 saturated carbocycles. The predicted molar refractivity (Wildman–Crippen MR) is 136 cm³/mol. The van der Waals surface area contributed by atoms with Gasteiger partial charge in [-0.3, -0.25) is 14.5 Å². The second-order valence-corrected chi connectivity index (χ2v) is 9.56. The fraction of sp³-hybridized carbons (Fsp3) is 0.111. The lowest BCUT2D eigenvalue weighted by atomic mass is 10.1. The van der Waals surface area contributed by atoms with Crippen LogP contribution in [0.25, 0.3) is 22.5 Å². The summed E-state index contributed by atoms with van der Waals surface area (Å²) in [5.41, 5.74) is 3.96. The molecule has 4 nitrogen and oxygen atoms in total. The number of aryl methyl sites for hydroxylation is 1. The van der Waals surface area contributed by atoms with Crippen LogP contribution in [-0.2, 0) is 11.3 Å². The van der Waals surface area contributed by atoms with Crippen LogP contribution >= 0.6 is 23.4 Å². The molecule has 1 fully saturated rings. The van der Waals surface area contributed by atoms with Crippen LogP contribution in [0.4, 0.5) is 9.18 Å². The number of benzene rings is 3. The molecule has 34 heavy (non-hydrogen) atoms. The Bertz CT molecular complexity index is 1490. The fourth-order valence-corrected chi connectivity index (χ4v) is 5.32. The summed E-state index contributed by atoms with van der Waals surface area (Å²) >= 11 is 6.94. The zero-order valence-corrected chi connectivity index (χ0v) is 20.1. The summed E-state index contributed by atoms with van der Waals surface area (Å²) in [6, 6.07) is 20.7. The number of thioether (sulfide) groups is 1. The zero-order valence-electron chi connectivity index (χ0n) is 18.5. The third-order valence-corrected chi connectivity index (χ3v) is 7.26. The van der Waals surface area contributed by atoms with Gasteiger partial charge < -0.3 is 4.57 Å². The first-order valence-corrected chi connectivity index (χ1v) is 11.9. The van der Waals surface area contributed by atoms with E-state index in [4.69, 9.17) is 11.6 Å². The third-order valence-electron chi connectivity index (χ3n) is 6.00. The number of carbonyl (C=O) groups excluding carboxylic acids is 2. The van der Waals surface area contributed by atoms with Crippen molar-refractivity contribution in [2.24, 2.45) is 0 Å². The molecule has 5 rings (SSSR count). The number of aromatic nitrogens is 1. The molecular formula is C27H20ClFN2O2S. The van der Waals surface area contributed by atoms with Crippen molar-refractivity contribution in [3.8, 4) is 5.69 Å². The monoisotopic (exact) mass is 490 g/mol. The SMILES string of the molecule is Cc1cc(/C=C2\SC(=O)N(Cc3c(F)cccc3Cl)C2=O)c(C)n1-c1ccc2ccccc2c1. The van der Waals surface area contributed by atoms with Gasteiger partial charge in [0.2, 0.25) is 0 Å². The maximum Gasteiger partial charge on any atom is 0.293 e. The highest BCUT2D eigenvalue weighted by Crippen LogP contribution is 2.36. The molecule has 7 heteroatoms. The van der Waals surface area contributed by atoms with Gasteiger partial charge in [0, 0.05) is 27.7 Å². The topological polar surface area (TPSA) is 42.3 Å². The van der Waals surface area contributed by atoms with Gasteiger partial charge in [-0.25, -0.2) is 4.39 Å². The van der Waals surface area contributed by atoms with Crippen LogP contribution < -0.4 is 0 Å². The average molecular weight is 491 g/mol. The molecule has 1 aliphatic rings. The minimum Gasteiger partial charge on any atom is -0.318 e. The van der Waals surface area contributed by atoms with E-state index in [9.17, 15) is 14.0 Å². The summed E-state index contributed by atoms with van der Waals surface area (Å²) in [4.78, 5) is 26.9.